The van der Waals surface area contributed by atoms with E-state index < -0.39 is 0 Å². The predicted molar refractivity (Wildman–Crippen MR) is 35.1 cm³/mol. The summed E-state index contributed by atoms with van der Waals surface area (Å²) in [6.07, 6.45) is 1.69. The fourth-order valence-electron chi connectivity index (χ4n) is 1.08. The van der Waals surface area contributed by atoms with Gasteiger partial charge in [0.15, 0.2) is 5.79 Å². The van der Waals surface area contributed by atoms with Crippen LogP contribution in [0.3, 0.4) is 0 Å². The van der Waals surface area contributed by atoms with Gasteiger partial charge in [-0.25, -0.2) is 0 Å². The van der Waals surface area contributed by atoms with Crippen molar-refractivity contribution in [3.8, 4) is 0 Å². The molecule has 0 radical (unpaired) electrons. The molecule has 2 heteroatoms. The van der Waals surface area contributed by atoms with E-state index in [2.05, 4.69) is 6.58 Å². The summed E-state index contributed by atoms with van der Waals surface area (Å²) in [5, 5.41) is 0. The summed E-state index contributed by atoms with van der Waals surface area (Å²) in [7, 11) is 3.33. The number of hydrogen-bond acceptors (Lipinski definition) is 2. The largest absolute Gasteiger partial charge is 0.353 e. The van der Waals surface area contributed by atoms with Crippen molar-refractivity contribution in [2.45, 2.75) is 18.6 Å². The van der Waals surface area contributed by atoms with Gasteiger partial charge in [-0.05, 0) is 0 Å². The van der Waals surface area contributed by atoms with Crippen LogP contribution in [0.25, 0.3) is 0 Å². The van der Waals surface area contributed by atoms with Crippen molar-refractivity contribution >= 4 is 0 Å². The summed E-state index contributed by atoms with van der Waals surface area (Å²) >= 11 is 0. The Balaban J connectivity index is 2.44. The van der Waals surface area contributed by atoms with Crippen molar-refractivity contribution in [2.24, 2.45) is 0 Å². The van der Waals surface area contributed by atoms with E-state index in [4.69, 9.17) is 9.47 Å². The molecule has 1 fully saturated rings. The van der Waals surface area contributed by atoms with Gasteiger partial charge >= 0.3 is 0 Å². The Morgan fingerprint density at radius 2 is 1.78 bits per heavy atom. The Hall–Kier alpha value is -0.340. The van der Waals surface area contributed by atoms with Crippen LogP contribution in [0, 0.1) is 0 Å². The third-order valence-corrected chi connectivity index (χ3v) is 1.78. The fraction of sp³-hybridized carbons (Fsp3) is 0.714. The number of hydrogen-bond donors (Lipinski definition) is 0. The average molecular weight is 128 g/mol. The van der Waals surface area contributed by atoms with E-state index in [1.54, 1.807) is 14.2 Å². The normalized spacial score (nSPS) is 23.6. The maximum atomic E-state index is 5.11. The van der Waals surface area contributed by atoms with Crippen molar-refractivity contribution in [1.82, 2.24) is 0 Å². The molecule has 0 N–H and O–H groups in total. The molecule has 1 saturated carbocycles. The van der Waals surface area contributed by atoms with E-state index in [9.17, 15) is 0 Å². The molecule has 52 valence electrons. The zero-order valence-corrected chi connectivity index (χ0v) is 5.94. The van der Waals surface area contributed by atoms with Crippen LogP contribution in [0.15, 0.2) is 12.2 Å². The van der Waals surface area contributed by atoms with E-state index in [1.165, 1.54) is 5.57 Å². The summed E-state index contributed by atoms with van der Waals surface area (Å²) in [5.74, 6) is -0.322. The topological polar surface area (TPSA) is 18.5 Å². The maximum Gasteiger partial charge on any atom is 0.174 e. The van der Waals surface area contributed by atoms with Gasteiger partial charge < -0.3 is 9.47 Å². The molecule has 0 bridgehead atoms. The summed E-state index contributed by atoms with van der Waals surface area (Å²) in [5.41, 5.74) is 1.21. The zero-order chi connectivity index (χ0) is 6.91. The lowest BCUT2D eigenvalue weighted by Gasteiger charge is -2.40. The summed E-state index contributed by atoms with van der Waals surface area (Å²) in [6.45, 7) is 3.79. The summed E-state index contributed by atoms with van der Waals surface area (Å²) in [6, 6.07) is 0. The van der Waals surface area contributed by atoms with Gasteiger partial charge in [0.1, 0.15) is 0 Å². The highest BCUT2D eigenvalue weighted by Crippen LogP contribution is 2.38. The SMILES string of the molecule is C=C1CC(OC)(OC)C1. The average Bonchev–Trinajstić information content (AvgIpc) is 1.81. The van der Waals surface area contributed by atoms with Crippen LogP contribution in [-0.2, 0) is 9.47 Å². The van der Waals surface area contributed by atoms with Gasteiger partial charge in [0.05, 0.1) is 0 Å². The van der Waals surface area contributed by atoms with Crippen LogP contribution in [0.2, 0.25) is 0 Å². The Bertz CT molecular complexity index is 115. The quantitative estimate of drug-likeness (QED) is 0.412. The Morgan fingerprint density at radius 1 is 1.33 bits per heavy atom. The highest BCUT2D eigenvalue weighted by Gasteiger charge is 2.39. The number of methoxy groups -OCH3 is 2. The minimum Gasteiger partial charge on any atom is -0.353 e. The molecule has 0 spiro atoms. The van der Waals surface area contributed by atoms with Crippen LogP contribution in [0.1, 0.15) is 12.8 Å². The lowest BCUT2D eigenvalue weighted by molar-refractivity contribution is -0.228. The lowest BCUT2D eigenvalue weighted by Crippen LogP contribution is -2.42. The van der Waals surface area contributed by atoms with Crippen LogP contribution in [0.4, 0.5) is 0 Å². The molecule has 0 heterocycles. The molecule has 2 nitrogen and oxygen atoms in total. The highest BCUT2D eigenvalue weighted by atomic mass is 16.7. The maximum absolute atomic E-state index is 5.11. The second-order valence-corrected chi connectivity index (χ2v) is 2.42. The highest BCUT2D eigenvalue weighted by molar-refractivity contribution is 5.13. The molecular weight excluding hydrogens is 116 g/mol. The molecular formula is C7H12O2. The first-order valence-electron chi connectivity index (χ1n) is 2.99. The zero-order valence-electron chi connectivity index (χ0n) is 5.94. The van der Waals surface area contributed by atoms with Gasteiger partial charge in [-0.3, -0.25) is 0 Å². The second-order valence-electron chi connectivity index (χ2n) is 2.42. The minimum atomic E-state index is -0.322. The molecule has 0 aromatic rings. The van der Waals surface area contributed by atoms with Crippen LogP contribution < -0.4 is 0 Å². The Kier molecular flexibility index (Phi) is 1.60. The first-order chi connectivity index (χ1) is 4.22. The fourth-order valence-corrected chi connectivity index (χ4v) is 1.08. The van der Waals surface area contributed by atoms with Crippen LogP contribution >= 0.6 is 0 Å². The standard InChI is InChI=1S/C7H12O2/c1-6-4-7(5-6,8-2)9-3/h1,4-5H2,2-3H3. The van der Waals surface area contributed by atoms with E-state index in [1.807, 2.05) is 0 Å². The molecule has 1 aliphatic carbocycles. The lowest BCUT2D eigenvalue weighted by atomic mass is 9.86. The number of rotatable bonds is 2. The molecule has 0 atom stereocenters. The van der Waals surface area contributed by atoms with Gasteiger partial charge in [0.2, 0.25) is 0 Å². The molecule has 9 heavy (non-hydrogen) atoms. The van der Waals surface area contributed by atoms with Gasteiger partial charge in [-0.1, -0.05) is 12.2 Å². The predicted octanol–water partition coefficient (Wildman–Crippen LogP) is 1.33. The van der Waals surface area contributed by atoms with Crippen molar-refractivity contribution in [2.75, 3.05) is 14.2 Å². The molecule has 0 aromatic carbocycles. The van der Waals surface area contributed by atoms with Crippen molar-refractivity contribution in [3.63, 3.8) is 0 Å². The first kappa shape index (κ1) is 6.78. The molecule has 1 rings (SSSR count). The molecule has 0 unspecified atom stereocenters. The van der Waals surface area contributed by atoms with Gasteiger partial charge in [0.25, 0.3) is 0 Å². The van der Waals surface area contributed by atoms with Crippen LogP contribution in [-0.4, -0.2) is 20.0 Å². The van der Waals surface area contributed by atoms with Crippen molar-refractivity contribution in [3.05, 3.63) is 12.2 Å². The number of ether oxygens (including phenoxy) is 2. The third-order valence-electron chi connectivity index (χ3n) is 1.78. The van der Waals surface area contributed by atoms with E-state index in [0.29, 0.717) is 0 Å². The molecule has 0 aromatic heterocycles. The van der Waals surface area contributed by atoms with E-state index >= 15 is 0 Å². The smallest absolute Gasteiger partial charge is 0.174 e. The third kappa shape index (κ3) is 1.00. The monoisotopic (exact) mass is 128 g/mol. The summed E-state index contributed by atoms with van der Waals surface area (Å²) < 4.78 is 10.2. The van der Waals surface area contributed by atoms with E-state index in [-0.39, 0.29) is 5.79 Å². The van der Waals surface area contributed by atoms with Crippen molar-refractivity contribution in [1.29, 1.82) is 0 Å². The summed E-state index contributed by atoms with van der Waals surface area (Å²) in [4.78, 5) is 0. The first-order valence-corrected chi connectivity index (χ1v) is 2.99. The molecule has 0 saturated heterocycles. The van der Waals surface area contributed by atoms with Crippen molar-refractivity contribution < 1.29 is 9.47 Å². The van der Waals surface area contributed by atoms with Crippen LogP contribution in [0.5, 0.6) is 0 Å². The molecule has 0 aliphatic heterocycles. The van der Waals surface area contributed by atoms with Gasteiger partial charge in [-0.15, -0.1) is 0 Å². The van der Waals surface area contributed by atoms with Gasteiger partial charge in [0, 0.05) is 27.1 Å². The second kappa shape index (κ2) is 2.12. The Labute approximate surface area is 55.5 Å². The van der Waals surface area contributed by atoms with Gasteiger partial charge in [-0.2, -0.15) is 0 Å². The Morgan fingerprint density at radius 3 is 1.89 bits per heavy atom. The molecule has 0 amide bonds. The minimum absolute atomic E-state index is 0.322. The van der Waals surface area contributed by atoms with E-state index in [0.717, 1.165) is 12.8 Å². The molecule has 1 aliphatic rings.